The molecule has 1 aliphatic carbocycles. The summed E-state index contributed by atoms with van der Waals surface area (Å²) in [6.07, 6.45) is 6.27. The molecule has 4 saturated heterocycles. The van der Waals surface area contributed by atoms with Crippen molar-refractivity contribution in [3.05, 3.63) is 17.5 Å². The van der Waals surface area contributed by atoms with Crippen LogP contribution in [0.25, 0.3) is 0 Å². The van der Waals surface area contributed by atoms with Crippen molar-refractivity contribution in [2.75, 3.05) is 26.2 Å². The summed E-state index contributed by atoms with van der Waals surface area (Å²) in [5.74, 6) is 0.925. The number of nitrogens with one attached hydrogen (secondary N) is 1. The third-order valence-corrected chi connectivity index (χ3v) is 10.9. The molecule has 210 valence electrons. The lowest BCUT2D eigenvalue weighted by molar-refractivity contribution is -0.0215. The zero-order valence-corrected chi connectivity index (χ0v) is 23.3. The average Bonchev–Trinajstić information content (AvgIpc) is 3.47. The maximum absolute atomic E-state index is 13.7. The van der Waals surface area contributed by atoms with E-state index in [0.717, 1.165) is 44.3 Å². The highest BCUT2D eigenvalue weighted by Crippen LogP contribution is 2.46. The van der Waals surface area contributed by atoms with Crippen LogP contribution in [0.3, 0.4) is 0 Å². The molecule has 38 heavy (non-hydrogen) atoms. The van der Waals surface area contributed by atoms with E-state index in [0.29, 0.717) is 50.6 Å². The second-order valence-corrected chi connectivity index (χ2v) is 14.8. The van der Waals surface area contributed by atoms with Crippen molar-refractivity contribution in [3.8, 4) is 0 Å². The molecule has 2 bridgehead atoms. The van der Waals surface area contributed by atoms with Crippen LogP contribution < -0.4 is 5.32 Å². The summed E-state index contributed by atoms with van der Waals surface area (Å²) in [6, 6.07) is 1.45. The minimum Gasteiger partial charge on any atom is -0.444 e. The van der Waals surface area contributed by atoms with Crippen molar-refractivity contribution in [1.82, 2.24) is 24.0 Å². The summed E-state index contributed by atoms with van der Waals surface area (Å²) in [5.41, 5.74) is -0.287. The smallest absolute Gasteiger partial charge is 0.410 e. The summed E-state index contributed by atoms with van der Waals surface area (Å²) in [4.78, 5) is 26.9. The Labute approximate surface area is 224 Å². The number of aromatic nitrogens is 1. The molecule has 5 heterocycles. The molecule has 0 aromatic carbocycles. The molecular weight excluding hydrogens is 510 g/mol. The number of nitrogens with zero attached hydrogens (tertiary/aromatic N) is 4. The van der Waals surface area contributed by atoms with Gasteiger partial charge in [-0.25, -0.2) is 4.79 Å². The Morgan fingerprint density at radius 3 is 2.29 bits per heavy atom. The summed E-state index contributed by atoms with van der Waals surface area (Å²) < 4.78 is 41.5. The molecule has 3 atom stereocenters. The number of hydrogen-bond acceptors (Lipinski definition) is 7. The van der Waals surface area contributed by atoms with Crippen LogP contribution in [0.1, 0.15) is 94.3 Å². The van der Waals surface area contributed by atoms with Crippen molar-refractivity contribution in [2.24, 2.45) is 5.41 Å². The van der Waals surface area contributed by atoms with Gasteiger partial charge in [0.25, 0.3) is 16.1 Å². The number of hydrogen-bond donors (Lipinski definition) is 1. The summed E-state index contributed by atoms with van der Waals surface area (Å²) in [7, 11) is -3.57. The van der Waals surface area contributed by atoms with Gasteiger partial charge in [-0.1, -0.05) is 5.16 Å². The molecule has 1 aromatic heterocycles. The Morgan fingerprint density at radius 2 is 1.71 bits per heavy atom. The molecular formula is C26H39N5O6S. The van der Waals surface area contributed by atoms with Crippen molar-refractivity contribution < 1.29 is 27.3 Å². The number of likely N-dealkylation sites (tertiary alicyclic amines) is 1. The van der Waals surface area contributed by atoms with E-state index < -0.39 is 15.8 Å². The largest absolute Gasteiger partial charge is 0.444 e. The zero-order chi connectivity index (χ0) is 26.9. The third-order valence-electron chi connectivity index (χ3n) is 8.83. The number of rotatable bonds is 5. The van der Waals surface area contributed by atoms with E-state index >= 15 is 0 Å². The first kappa shape index (κ1) is 26.1. The maximum atomic E-state index is 13.7. The SMILES string of the molecule is CC(C)(C)OC(=O)N1CCC2(CC1)CN(S(=O)(=O)N1[C@@H]3CC[C@H]1CC(NC(=O)c1cc(C4CC4)on1)C3)C2. The lowest BCUT2D eigenvalue weighted by Crippen LogP contribution is -2.66. The Kier molecular flexibility index (Phi) is 6.31. The number of fused-ring (bicyclic) bond motifs is 2. The molecule has 12 heteroatoms. The van der Waals surface area contributed by atoms with Crippen LogP contribution in [0.15, 0.2) is 10.6 Å². The first-order valence-electron chi connectivity index (χ1n) is 14.0. The molecule has 2 amide bonds. The van der Waals surface area contributed by atoms with Crippen LogP contribution in [0, 0.1) is 5.41 Å². The van der Waals surface area contributed by atoms with Gasteiger partial charge < -0.3 is 19.5 Å². The average molecular weight is 550 g/mol. The molecule has 5 aliphatic rings. The van der Waals surface area contributed by atoms with Crippen molar-refractivity contribution in [2.45, 2.75) is 102 Å². The van der Waals surface area contributed by atoms with E-state index in [1.807, 2.05) is 20.8 Å². The van der Waals surface area contributed by atoms with E-state index in [4.69, 9.17) is 9.26 Å². The first-order chi connectivity index (χ1) is 17.9. The zero-order valence-electron chi connectivity index (χ0n) is 22.5. The molecule has 11 nitrogen and oxygen atoms in total. The quantitative estimate of drug-likeness (QED) is 0.599. The Hall–Kier alpha value is -2.18. The van der Waals surface area contributed by atoms with Crippen molar-refractivity contribution >= 4 is 22.2 Å². The molecule has 1 aromatic rings. The van der Waals surface area contributed by atoms with Crippen LogP contribution in [0.5, 0.6) is 0 Å². The lowest BCUT2D eigenvalue weighted by Gasteiger charge is -2.54. The second kappa shape index (κ2) is 9.19. The first-order valence-corrected chi connectivity index (χ1v) is 15.4. The topological polar surface area (TPSA) is 125 Å². The number of ether oxygens (including phenoxy) is 1. The van der Waals surface area contributed by atoms with Crippen LogP contribution in [-0.4, -0.2) is 89.0 Å². The molecule has 1 N–H and O–H groups in total. The number of carbonyl (C=O) groups is 2. The predicted molar refractivity (Wildman–Crippen MR) is 138 cm³/mol. The van der Waals surface area contributed by atoms with Gasteiger partial charge >= 0.3 is 6.09 Å². The Morgan fingerprint density at radius 1 is 1.08 bits per heavy atom. The van der Waals surface area contributed by atoms with Gasteiger partial charge in [0.15, 0.2) is 5.69 Å². The van der Waals surface area contributed by atoms with Crippen LogP contribution in [0.2, 0.25) is 0 Å². The molecule has 4 aliphatic heterocycles. The Balaban J connectivity index is 1.02. The van der Waals surface area contributed by atoms with E-state index in [-0.39, 0.29) is 35.5 Å². The normalized spacial score (nSPS) is 29.8. The third kappa shape index (κ3) is 4.95. The summed E-state index contributed by atoms with van der Waals surface area (Å²) in [6.45, 7) is 7.76. The molecule has 5 fully saturated rings. The van der Waals surface area contributed by atoms with Crippen LogP contribution in [-0.2, 0) is 14.9 Å². The van der Waals surface area contributed by atoms with E-state index in [1.54, 1.807) is 19.6 Å². The number of carbonyl (C=O) groups excluding carboxylic acids is 2. The molecule has 0 radical (unpaired) electrons. The highest BCUT2D eigenvalue weighted by molar-refractivity contribution is 7.86. The monoisotopic (exact) mass is 549 g/mol. The van der Waals surface area contributed by atoms with Gasteiger partial charge in [0.1, 0.15) is 11.4 Å². The fraction of sp³-hybridized carbons (Fsp3) is 0.808. The Bertz CT molecular complexity index is 1170. The van der Waals surface area contributed by atoms with Gasteiger partial charge in [0.2, 0.25) is 0 Å². The van der Waals surface area contributed by atoms with E-state index in [1.165, 1.54) is 0 Å². The van der Waals surface area contributed by atoms with Crippen LogP contribution in [0.4, 0.5) is 4.79 Å². The number of amides is 2. The highest BCUT2D eigenvalue weighted by Gasteiger charge is 2.55. The molecule has 1 unspecified atom stereocenters. The summed E-state index contributed by atoms with van der Waals surface area (Å²) >= 11 is 0. The van der Waals surface area contributed by atoms with Crippen molar-refractivity contribution in [1.29, 1.82) is 0 Å². The predicted octanol–water partition coefficient (Wildman–Crippen LogP) is 2.85. The van der Waals surface area contributed by atoms with Gasteiger partial charge in [0, 0.05) is 61.7 Å². The van der Waals surface area contributed by atoms with Crippen molar-refractivity contribution in [3.63, 3.8) is 0 Å². The lowest BCUT2D eigenvalue weighted by atomic mass is 9.73. The highest BCUT2D eigenvalue weighted by atomic mass is 32.2. The fourth-order valence-electron chi connectivity index (χ4n) is 6.65. The van der Waals surface area contributed by atoms with Gasteiger partial charge in [-0.15, -0.1) is 0 Å². The van der Waals surface area contributed by atoms with Gasteiger partial charge in [-0.2, -0.15) is 17.0 Å². The van der Waals surface area contributed by atoms with Gasteiger partial charge in [-0.3, -0.25) is 4.79 Å². The van der Waals surface area contributed by atoms with E-state index in [2.05, 4.69) is 10.5 Å². The van der Waals surface area contributed by atoms with E-state index in [9.17, 15) is 18.0 Å². The maximum Gasteiger partial charge on any atom is 0.410 e. The molecule has 1 saturated carbocycles. The number of piperidine rings is 2. The standard InChI is InChI=1S/C26H39N5O6S/c1-25(2,3)36-24(33)29-10-8-26(9-11-29)15-30(16-26)38(34,35)31-19-6-7-20(31)13-18(12-19)27-23(32)21-14-22(37-28-21)17-4-5-17/h14,17-20H,4-13,15-16H2,1-3H3,(H,27,32)/t18?,19-,20+. The van der Waals surface area contributed by atoms with Gasteiger partial charge in [-0.05, 0) is 72.1 Å². The van der Waals surface area contributed by atoms with Crippen LogP contribution >= 0.6 is 0 Å². The minimum atomic E-state index is -3.57. The molecule has 6 rings (SSSR count). The fourth-order valence-corrected chi connectivity index (χ4v) is 8.93. The minimum absolute atomic E-state index is 0.0617. The molecule has 1 spiro atoms. The van der Waals surface area contributed by atoms with Gasteiger partial charge in [0.05, 0.1) is 0 Å². The second-order valence-electron chi connectivity index (χ2n) is 13.0. The summed E-state index contributed by atoms with van der Waals surface area (Å²) in [5, 5.41) is 7.01.